The van der Waals surface area contributed by atoms with E-state index >= 15 is 0 Å². The first-order valence-electron chi connectivity index (χ1n) is 5.53. The summed E-state index contributed by atoms with van der Waals surface area (Å²) < 4.78 is 5.26. The molecule has 0 fully saturated rings. The molecule has 0 aliphatic heterocycles. The highest BCUT2D eigenvalue weighted by Crippen LogP contribution is 2.30. The summed E-state index contributed by atoms with van der Waals surface area (Å²) in [5.41, 5.74) is 1.39. The Morgan fingerprint density at radius 1 is 1.53 bits per heavy atom. The fraction of sp³-hybridized carbons (Fsp3) is 0.583. The van der Waals surface area contributed by atoms with Crippen LogP contribution in [0, 0.1) is 0 Å². The van der Waals surface area contributed by atoms with Crippen LogP contribution in [0.1, 0.15) is 39.9 Å². The molecule has 3 heteroatoms. The molecule has 0 radical (unpaired) electrons. The second kappa shape index (κ2) is 4.90. The van der Waals surface area contributed by atoms with Crippen molar-refractivity contribution in [2.24, 2.45) is 0 Å². The van der Waals surface area contributed by atoms with E-state index in [1.807, 2.05) is 6.92 Å². The van der Waals surface area contributed by atoms with Gasteiger partial charge in [-0.3, -0.25) is 4.79 Å². The van der Waals surface area contributed by atoms with Gasteiger partial charge in [0.2, 0.25) is 0 Å². The largest absolute Gasteiger partial charge is 0.373 e. The molecule has 0 spiro atoms. The van der Waals surface area contributed by atoms with Crippen LogP contribution in [0.3, 0.4) is 0 Å². The number of ether oxygens (including phenoxy) is 1. The lowest BCUT2D eigenvalue weighted by molar-refractivity contribution is 0.0765. The second-order valence-corrected chi connectivity index (χ2v) is 5.03. The molecule has 0 N–H and O–H groups in total. The number of Topliss-reactive ketones (excluding diaryl/α,β-unsaturated/α-hetero) is 1. The summed E-state index contributed by atoms with van der Waals surface area (Å²) in [6.07, 6.45) is 4.52. The monoisotopic (exact) mass is 224 g/mol. The Morgan fingerprint density at radius 3 is 3.13 bits per heavy atom. The minimum Gasteiger partial charge on any atom is -0.373 e. The van der Waals surface area contributed by atoms with Gasteiger partial charge in [0.05, 0.1) is 4.88 Å². The van der Waals surface area contributed by atoms with Gasteiger partial charge in [0, 0.05) is 11.5 Å². The average molecular weight is 224 g/mol. The Bertz CT molecular complexity index is 333. The molecule has 2 rings (SSSR count). The number of rotatable bonds is 5. The summed E-state index contributed by atoms with van der Waals surface area (Å²) in [4.78, 5) is 14.0. The Morgan fingerprint density at radius 2 is 2.40 bits per heavy atom. The minimum absolute atomic E-state index is 0.142. The minimum atomic E-state index is 0.142. The van der Waals surface area contributed by atoms with Crippen molar-refractivity contribution < 1.29 is 9.53 Å². The summed E-state index contributed by atoms with van der Waals surface area (Å²) in [5.74, 6) is 0.142. The van der Waals surface area contributed by atoms with E-state index < -0.39 is 0 Å². The Balaban J connectivity index is 1.94. The van der Waals surface area contributed by atoms with E-state index in [9.17, 15) is 4.79 Å². The van der Waals surface area contributed by atoms with E-state index in [0.29, 0.717) is 6.61 Å². The van der Waals surface area contributed by atoms with Gasteiger partial charge >= 0.3 is 0 Å². The van der Waals surface area contributed by atoms with E-state index in [2.05, 4.69) is 6.07 Å². The first-order valence-corrected chi connectivity index (χ1v) is 6.35. The molecule has 1 heterocycles. The highest BCUT2D eigenvalue weighted by molar-refractivity contribution is 7.14. The number of hydrogen-bond donors (Lipinski definition) is 0. The van der Waals surface area contributed by atoms with E-state index in [1.54, 1.807) is 11.3 Å². The third-order valence-electron chi connectivity index (χ3n) is 2.60. The quantitative estimate of drug-likeness (QED) is 0.568. The van der Waals surface area contributed by atoms with Crippen LogP contribution in [0.5, 0.6) is 0 Å². The van der Waals surface area contributed by atoms with Crippen LogP contribution in [-0.4, -0.2) is 19.0 Å². The molecule has 0 saturated carbocycles. The summed E-state index contributed by atoms with van der Waals surface area (Å²) >= 11 is 1.66. The highest BCUT2D eigenvalue weighted by Gasteiger charge is 2.18. The Hall–Kier alpha value is -0.670. The fourth-order valence-electron chi connectivity index (χ4n) is 1.85. The number of fused-ring (bicyclic) bond motifs is 1. The molecule has 0 saturated heterocycles. The lowest BCUT2D eigenvalue weighted by Crippen LogP contribution is -2.07. The molecule has 2 nitrogen and oxygen atoms in total. The normalized spacial score (nSPS) is 14.2. The van der Waals surface area contributed by atoms with Crippen LogP contribution in [0.2, 0.25) is 0 Å². The molecule has 0 amide bonds. The van der Waals surface area contributed by atoms with Gasteiger partial charge in [0.1, 0.15) is 6.61 Å². The molecule has 82 valence electrons. The van der Waals surface area contributed by atoms with Crippen LogP contribution in [0.25, 0.3) is 0 Å². The molecule has 1 aromatic rings. The van der Waals surface area contributed by atoms with Crippen molar-refractivity contribution in [3.8, 4) is 0 Å². The van der Waals surface area contributed by atoms with Crippen molar-refractivity contribution in [1.82, 2.24) is 0 Å². The molecule has 0 atom stereocenters. The summed E-state index contributed by atoms with van der Waals surface area (Å²) in [6, 6.07) is 2.06. The van der Waals surface area contributed by atoms with Gasteiger partial charge in [-0.05, 0) is 37.3 Å². The molecule has 0 aromatic carbocycles. The van der Waals surface area contributed by atoms with Crippen LogP contribution >= 0.6 is 11.3 Å². The number of hydrogen-bond acceptors (Lipinski definition) is 3. The Kier molecular flexibility index (Phi) is 3.54. The van der Waals surface area contributed by atoms with E-state index in [0.717, 1.165) is 24.1 Å². The summed E-state index contributed by atoms with van der Waals surface area (Å²) in [5, 5.41) is 0. The van der Waals surface area contributed by atoms with Crippen LogP contribution < -0.4 is 0 Å². The maximum Gasteiger partial charge on any atom is 0.198 e. The van der Waals surface area contributed by atoms with Gasteiger partial charge in [-0.15, -0.1) is 11.3 Å². The summed E-state index contributed by atoms with van der Waals surface area (Å²) in [6.45, 7) is 2.97. The zero-order valence-corrected chi connectivity index (χ0v) is 9.86. The molecule has 15 heavy (non-hydrogen) atoms. The lowest BCUT2D eigenvalue weighted by atomic mass is 10.2. The first kappa shape index (κ1) is 10.8. The smallest absolute Gasteiger partial charge is 0.198 e. The molecule has 0 bridgehead atoms. The van der Waals surface area contributed by atoms with E-state index in [-0.39, 0.29) is 12.4 Å². The number of aryl methyl sites for hydroxylation is 2. The maximum atomic E-state index is 11.7. The van der Waals surface area contributed by atoms with Crippen molar-refractivity contribution in [2.75, 3.05) is 13.2 Å². The van der Waals surface area contributed by atoms with Gasteiger partial charge in [0.15, 0.2) is 5.78 Å². The standard InChI is InChI=1S/C12H16O2S/c1-2-6-14-8-10(13)12-7-9-4-3-5-11(9)15-12/h7H,2-6,8H2,1H3. The van der Waals surface area contributed by atoms with E-state index in [1.165, 1.54) is 16.9 Å². The summed E-state index contributed by atoms with van der Waals surface area (Å²) in [7, 11) is 0. The first-order chi connectivity index (χ1) is 7.31. The molecule has 1 aromatic heterocycles. The van der Waals surface area contributed by atoms with Crippen molar-refractivity contribution >= 4 is 17.1 Å². The van der Waals surface area contributed by atoms with Crippen LogP contribution in [-0.2, 0) is 17.6 Å². The SMILES string of the molecule is CCCOCC(=O)c1cc2c(s1)CCC2. The van der Waals surface area contributed by atoms with E-state index in [4.69, 9.17) is 4.74 Å². The predicted octanol–water partition coefficient (Wildman–Crippen LogP) is 2.85. The van der Waals surface area contributed by atoms with Crippen LogP contribution in [0.4, 0.5) is 0 Å². The molecule has 1 aliphatic carbocycles. The third kappa shape index (κ3) is 2.47. The highest BCUT2D eigenvalue weighted by atomic mass is 32.1. The second-order valence-electron chi connectivity index (χ2n) is 3.89. The van der Waals surface area contributed by atoms with Gasteiger partial charge in [-0.25, -0.2) is 0 Å². The van der Waals surface area contributed by atoms with Crippen LogP contribution in [0.15, 0.2) is 6.07 Å². The molecular formula is C12H16O2S. The maximum absolute atomic E-state index is 11.7. The van der Waals surface area contributed by atoms with Crippen molar-refractivity contribution in [3.63, 3.8) is 0 Å². The average Bonchev–Trinajstić information content (AvgIpc) is 2.76. The van der Waals surface area contributed by atoms with Gasteiger partial charge in [-0.1, -0.05) is 6.92 Å². The molecule has 1 aliphatic rings. The van der Waals surface area contributed by atoms with Gasteiger partial charge in [-0.2, -0.15) is 0 Å². The number of thiophene rings is 1. The topological polar surface area (TPSA) is 26.3 Å². The number of carbonyl (C=O) groups excluding carboxylic acids is 1. The fourth-order valence-corrected chi connectivity index (χ4v) is 3.02. The number of carbonyl (C=O) groups is 1. The third-order valence-corrected chi connectivity index (χ3v) is 3.88. The lowest BCUT2D eigenvalue weighted by Gasteiger charge is -1.99. The zero-order valence-electron chi connectivity index (χ0n) is 9.04. The van der Waals surface area contributed by atoms with Gasteiger partial charge in [0.25, 0.3) is 0 Å². The van der Waals surface area contributed by atoms with Gasteiger partial charge < -0.3 is 4.74 Å². The molecular weight excluding hydrogens is 208 g/mol. The number of ketones is 1. The van der Waals surface area contributed by atoms with Crippen molar-refractivity contribution in [3.05, 3.63) is 21.4 Å². The van der Waals surface area contributed by atoms with Crippen molar-refractivity contribution in [1.29, 1.82) is 0 Å². The predicted molar refractivity (Wildman–Crippen MR) is 61.8 cm³/mol. The zero-order chi connectivity index (χ0) is 10.7. The van der Waals surface area contributed by atoms with Crippen molar-refractivity contribution in [2.45, 2.75) is 32.6 Å². The Labute approximate surface area is 94.3 Å². The molecule has 0 unspecified atom stereocenters.